The smallest absolute Gasteiger partial charge is 0.341 e. The standard InChI is InChI=1S/C39H44N10O11/c1-6-23-32(59-19(3)42-23)36(55)45-38-44-25-14-21(34(40)53)16-27(58-18-29(51)52)30(25)48(38)10-8-9-11-49-31-26(15-22(35(41)54)17-28(31)57-13-12-50)47(5)39(49)46-37(56)33-24(7-2)43-20(4)60-33/h8-9,14-17,39,50H,6-7,10-13,18H2,1-5H3,(H2,40,53)(H2,41,54)(H,46,56)(H,51,52)(H,44,45,55)/b9-8+. The van der Waals surface area contributed by atoms with Crippen LogP contribution in [0.2, 0.25) is 0 Å². The van der Waals surface area contributed by atoms with E-state index in [0.717, 1.165) is 0 Å². The second kappa shape index (κ2) is 17.6. The summed E-state index contributed by atoms with van der Waals surface area (Å²) in [6.45, 7) is 5.76. The average molecular weight is 829 g/mol. The third kappa shape index (κ3) is 8.55. The van der Waals surface area contributed by atoms with Gasteiger partial charge in [-0.1, -0.05) is 26.0 Å². The Morgan fingerprint density at radius 1 is 0.850 bits per heavy atom. The summed E-state index contributed by atoms with van der Waals surface area (Å²) in [7, 11) is 1.70. The molecule has 6 rings (SSSR count). The van der Waals surface area contributed by atoms with Crippen LogP contribution in [0.5, 0.6) is 11.5 Å². The minimum Gasteiger partial charge on any atom is -0.489 e. The number of carbonyl (C=O) groups is 5. The molecule has 60 heavy (non-hydrogen) atoms. The zero-order valence-corrected chi connectivity index (χ0v) is 33.4. The van der Waals surface area contributed by atoms with Crippen molar-refractivity contribution < 1.29 is 52.5 Å². The summed E-state index contributed by atoms with van der Waals surface area (Å²) in [4.78, 5) is 80.2. The Morgan fingerprint density at radius 2 is 1.45 bits per heavy atom. The third-order valence-electron chi connectivity index (χ3n) is 9.39. The Kier molecular flexibility index (Phi) is 12.4. The van der Waals surface area contributed by atoms with E-state index < -0.39 is 42.5 Å². The summed E-state index contributed by atoms with van der Waals surface area (Å²) in [5.41, 5.74) is 13.6. The predicted molar refractivity (Wildman–Crippen MR) is 214 cm³/mol. The number of carboxylic acids is 1. The highest BCUT2D eigenvalue weighted by Crippen LogP contribution is 2.46. The van der Waals surface area contributed by atoms with Crippen LogP contribution in [0, 0.1) is 13.8 Å². The van der Waals surface area contributed by atoms with Gasteiger partial charge in [0.2, 0.25) is 29.3 Å². The van der Waals surface area contributed by atoms with Gasteiger partial charge in [-0.25, -0.2) is 19.7 Å². The number of nitrogens with two attached hydrogens (primary N) is 2. The van der Waals surface area contributed by atoms with Crippen LogP contribution >= 0.6 is 0 Å². The highest BCUT2D eigenvalue weighted by Gasteiger charge is 2.39. The van der Waals surface area contributed by atoms with Crippen molar-refractivity contribution in [1.29, 1.82) is 0 Å². The SMILES string of the molecule is CCc1nc(C)oc1C(=O)Nc1nc2cc(C(N)=O)cc(OCC(=O)O)c2n1C/C=C/CN1c2c(OCCO)cc(C(N)=O)cc2N(C)C1NC(=O)c1oc(C)nc1CC. The van der Waals surface area contributed by atoms with E-state index in [2.05, 4.69) is 25.6 Å². The number of hydrogen-bond donors (Lipinski definition) is 6. The second-order valence-corrected chi connectivity index (χ2v) is 13.5. The first-order chi connectivity index (χ1) is 28.6. The summed E-state index contributed by atoms with van der Waals surface area (Å²) in [5, 5.41) is 24.8. The molecule has 21 nitrogen and oxygen atoms in total. The number of anilines is 3. The molecule has 1 atom stereocenters. The molecule has 0 saturated carbocycles. The number of allylic oxidation sites excluding steroid dienone is 1. The first-order valence-corrected chi connectivity index (χ1v) is 18.7. The van der Waals surface area contributed by atoms with Gasteiger partial charge in [0, 0.05) is 45.1 Å². The molecule has 4 heterocycles. The number of benzene rings is 2. The maximum Gasteiger partial charge on any atom is 0.341 e. The van der Waals surface area contributed by atoms with Crippen LogP contribution in [0.15, 0.2) is 45.3 Å². The van der Waals surface area contributed by atoms with Crippen LogP contribution in [0.3, 0.4) is 0 Å². The number of ether oxygens (including phenoxy) is 2. The predicted octanol–water partition coefficient (Wildman–Crippen LogP) is 2.26. The van der Waals surface area contributed by atoms with Gasteiger partial charge in [-0.3, -0.25) is 24.5 Å². The number of aliphatic carboxylic acids is 1. The van der Waals surface area contributed by atoms with Gasteiger partial charge in [0.1, 0.15) is 29.3 Å². The molecule has 5 aromatic rings. The van der Waals surface area contributed by atoms with Gasteiger partial charge in [0.25, 0.3) is 11.8 Å². The van der Waals surface area contributed by atoms with Crippen LogP contribution in [0.4, 0.5) is 17.3 Å². The van der Waals surface area contributed by atoms with E-state index in [-0.39, 0.29) is 83.3 Å². The number of imidazole rings is 1. The summed E-state index contributed by atoms with van der Waals surface area (Å²) in [6, 6.07) is 5.69. The van der Waals surface area contributed by atoms with E-state index >= 15 is 0 Å². The third-order valence-corrected chi connectivity index (χ3v) is 9.39. The Labute approximate surface area is 341 Å². The number of nitrogens with one attached hydrogen (secondary N) is 2. The van der Waals surface area contributed by atoms with Crippen molar-refractivity contribution in [2.45, 2.75) is 53.4 Å². The maximum absolute atomic E-state index is 13.8. The van der Waals surface area contributed by atoms with Gasteiger partial charge < -0.3 is 59.7 Å². The maximum atomic E-state index is 13.8. The topological polar surface area (TPSA) is 297 Å². The Bertz CT molecular complexity index is 2520. The van der Waals surface area contributed by atoms with Gasteiger partial charge in [-0.2, -0.15) is 0 Å². The highest BCUT2D eigenvalue weighted by molar-refractivity contribution is 6.04. The van der Waals surface area contributed by atoms with E-state index in [1.807, 2.05) is 13.8 Å². The molecular formula is C39H44N10O11. The van der Waals surface area contributed by atoms with Crippen molar-refractivity contribution >= 4 is 58.0 Å². The monoisotopic (exact) mass is 828 g/mol. The zero-order valence-electron chi connectivity index (χ0n) is 33.4. The Hall–Kier alpha value is -7.42. The van der Waals surface area contributed by atoms with Crippen LogP contribution in [-0.2, 0) is 24.2 Å². The molecule has 21 heteroatoms. The van der Waals surface area contributed by atoms with Crippen molar-refractivity contribution in [2.24, 2.45) is 11.5 Å². The number of hydrogen-bond acceptors (Lipinski definition) is 15. The minimum atomic E-state index is -1.29. The summed E-state index contributed by atoms with van der Waals surface area (Å²) >= 11 is 0. The lowest BCUT2D eigenvalue weighted by Crippen LogP contribution is -2.54. The van der Waals surface area contributed by atoms with Crippen molar-refractivity contribution in [3.05, 3.63) is 82.2 Å². The number of aryl methyl sites for hydroxylation is 4. The molecule has 0 saturated heterocycles. The Morgan fingerprint density at radius 3 is 2.05 bits per heavy atom. The van der Waals surface area contributed by atoms with Gasteiger partial charge in [-0.15, -0.1) is 0 Å². The van der Waals surface area contributed by atoms with Crippen molar-refractivity contribution in [1.82, 2.24) is 24.8 Å². The highest BCUT2D eigenvalue weighted by atomic mass is 16.5. The molecule has 1 unspecified atom stereocenters. The molecule has 0 fully saturated rings. The van der Waals surface area contributed by atoms with E-state index in [0.29, 0.717) is 41.5 Å². The van der Waals surface area contributed by atoms with Crippen LogP contribution in [0.25, 0.3) is 11.0 Å². The Balaban J connectivity index is 1.41. The van der Waals surface area contributed by atoms with E-state index in [1.54, 1.807) is 48.9 Å². The number of carbonyl (C=O) groups excluding carboxylic acids is 4. The number of aliphatic hydroxyl groups excluding tert-OH is 1. The molecule has 316 valence electrons. The van der Waals surface area contributed by atoms with Gasteiger partial charge in [-0.05, 0) is 37.1 Å². The molecule has 3 aromatic heterocycles. The number of carboxylic acid groups (broad SMARTS) is 1. The lowest BCUT2D eigenvalue weighted by atomic mass is 10.1. The van der Waals surface area contributed by atoms with Crippen LogP contribution in [-0.4, -0.2) is 99.0 Å². The lowest BCUT2D eigenvalue weighted by molar-refractivity contribution is -0.139. The fourth-order valence-corrected chi connectivity index (χ4v) is 6.77. The number of fused-ring (bicyclic) bond motifs is 2. The zero-order chi connectivity index (χ0) is 43.4. The quantitative estimate of drug-likeness (QED) is 0.0691. The first-order valence-electron chi connectivity index (χ1n) is 18.7. The molecule has 2 aromatic carbocycles. The molecule has 0 bridgehead atoms. The van der Waals surface area contributed by atoms with Crippen LogP contribution in [0.1, 0.15) is 78.8 Å². The molecule has 0 spiro atoms. The van der Waals surface area contributed by atoms with Crippen molar-refractivity contribution in [2.75, 3.05) is 48.5 Å². The van der Waals surface area contributed by atoms with E-state index in [1.165, 1.54) is 22.8 Å². The lowest BCUT2D eigenvalue weighted by Gasteiger charge is -2.30. The summed E-state index contributed by atoms with van der Waals surface area (Å²) in [6.07, 6.45) is 3.41. The molecule has 8 N–H and O–H groups in total. The number of amides is 4. The molecule has 1 aliphatic rings. The largest absolute Gasteiger partial charge is 0.489 e. The van der Waals surface area contributed by atoms with E-state index in [4.69, 9.17) is 29.8 Å². The van der Waals surface area contributed by atoms with Crippen molar-refractivity contribution in [3.63, 3.8) is 0 Å². The fraction of sp³-hybridized carbons (Fsp3) is 0.333. The minimum absolute atomic E-state index is 0.0123. The summed E-state index contributed by atoms with van der Waals surface area (Å²) in [5.74, 6) is -3.28. The molecule has 1 aliphatic heterocycles. The molecule has 0 aliphatic carbocycles. The molecular weight excluding hydrogens is 784 g/mol. The van der Waals surface area contributed by atoms with Crippen LogP contribution < -0.4 is 41.4 Å². The number of nitrogens with zero attached hydrogens (tertiary/aromatic N) is 6. The first kappa shape index (κ1) is 42.2. The average Bonchev–Trinajstić information content (AvgIpc) is 3.96. The van der Waals surface area contributed by atoms with Crippen molar-refractivity contribution in [3.8, 4) is 11.5 Å². The number of aliphatic hydroxyl groups is 1. The molecule has 4 amide bonds. The van der Waals surface area contributed by atoms with E-state index in [9.17, 15) is 34.2 Å². The summed E-state index contributed by atoms with van der Waals surface area (Å²) < 4.78 is 24.3. The normalized spacial score (nSPS) is 13.5. The number of primary amides is 2. The van der Waals surface area contributed by atoms with Gasteiger partial charge >= 0.3 is 5.97 Å². The number of oxazole rings is 2. The number of rotatable bonds is 18. The van der Waals surface area contributed by atoms with Gasteiger partial charge in [0.15, 0.2) is 24.7 Å². The molecule has 0 radical (unpaired) electrons. The number of aromatic nitrogens is 4. The second-order valence-electron chi connectivity index (χ2n) is 13.5. The fourth-order valence-electron chi connectivity index (χ4n) is 6.77. The van der Waals surface area contributed by atoms with Gasteiger partial charge in [0.05, 0.1) is 29.2 Å².